The number of nitrogens with zero attached hydrogens (tertiary/aromatic N) is 2. The molecule has 2 rings (SSSR count). The van der Waals surface area contributed by atoms with Crippen LogP contribution in [0.15, 0.2) is 35.1 Å². The lowest BCUT2D eigenvalue weighted by Crippen LogP contribution is -2.26. The van der Waals surface area contributed by atoms with Gasteiger partial charge >= 0.3 is 0 Å². The zero-order valence-electron chi connectivity index (χ0n) is 9.00. The van der Waals surface area contributed by atoms with Crippen molar-refractivity contribution in [1.29, 1.82) is 0 Å². The van der Waals surface area contributed by atoms with Crippen LogP contribution in [0.3, 0.4) is 0 Å². The summed E-state index contributed by atoms with van der Waals surface area (Å²) in [5.41, 5.74) is 3.57. The first kappa shape index (κ1) is 11.8. The van der Waals surface area contributed by atoms with Gasteiger partial charge in [0.05, 0.1) is 0 Å². The highest BCUT2D eigenvalue weighted by Crippen LogP contribution is 2.13. The van der Waals surface area contributed by atoms with Crippen molar-refractivity contribution < 1.29 is 14.3 Å². The predicted molar refractivity (Wildman–Crippen MR) is 60.0 cm³/mol. The first-order chi connectivity index (χ1) is 8.50. The fourth-order valence-corrected chi connectivity index (χ4v) is 1.42. The lowest BCUT2D eigenvalue weighted by molar-refractivity contribution is 0.0990. The number of aromatic nitrogens is 2. The van der Waals surface area contributed by atoms with Gasteiger partial charge in [0.2, 0.25) is 0 Å². The highest BCUT2D eigenvalue weighted by atomic mass is 19.1. The molecule has 0 fully saturated rings. The van der Waals surface area contributed by atoms with E-state index in [1.165, 1.54) is 18.2 Å². The Labute approximate surface area is 100 Å². The molecule has 0 aliphatic carbocycles. The quantitative estimate of drug-likeness (QED) is 0.792. The van der Waals surface area contributed by atoms with Crippen molar-refractivity contribution in [3.63, 3.8) is 0 Å². The molecule has 0 saturated heterocycles. The third-order valence-electron chi connectivity index (χ3n) is 2.23. The van der Waals surface area contributed by atoms with E-state index in [4.69, 9.17) is 5.73 Å². The zero-order chi connectivity index (χ0) is 13.3. The average molecular weight is 249 g/mol. The number of nitrogens with two attached hydrogens (primary N) is 1. The lowest BCUT2D eigenvalue weighted by Gasteiger charge is -2.07. The molecule has 0 saturated carbocycles. The summed E-state index contributed by atoms with van der Waals surface area (Å²) in [7, 11) is 0. The molecule has 7 heteroatoms. The van der Waals surface area contributed by atoms with Gasteiger partial charge in [-0.2, -0.15) is 9.78 Å². The summed E-state index contributed by atoms with van der Waals surface area (Å²) in [6.45, 7) is 0. The molecular formula is C11H8FN3O3. The highest BCUT2D eigenvalue weighted by molar-refractivity contribution is 5.93. The molecule has 2 aromatic rings. The molecule has 0 unspecified atom stereocenters. The van der Waals surface area contributed by atoms with Crippen LogP contribution >= 0.6 is 0 Å². The van der Waals surface area contributed by atoms with E-state index < -0.39 is 28.7 Å². The third-order valence-corrected chi connectivity index (χ3v) is 2.23. The minimum absolute atomic E-state index is 0.134. The van der Waals surface area contributed by atoms with Gasteiger partial charge in [0.1, 0.15) is 11.5 Å². The standard InChI is InChI=1S/C11H8FN3O3/c12-6-3-1-2-4-7(6)15-9(17)5-8(16)10(14-15)11(13)18/h1-5,16H,(H2,13,18). The number of rotatable bonds is 2. The summed E-state index contributed by atoms with van der Waals surface area (Å²) in [5, 5.41) is 12.9. The second-order valence-electron chi connectivity index (χ2n) is 3.44. The molecule has 18 heavy (non-hydrogen) atoms. The Morgan fingerprint density at radius 2 is 2.06 bits per heavy atom. The molecule has 6 nitrogen and oxygen atoms in total. The predicted octanol–water partition coefficient (Wildman–Crippen LogP) is 0.176. The van der Waals surface area contributed by atoms with E-state index in [-0.39, 0.29) is 5.69 Å². The second kappa shape index (κ2) is 4.28. The van der Waals surface area contributed by atoms with Crippen molar-refractivity contribution in [3.05, 3.63) is 52.2 Å². The van der Waals surface area contributed by atoms with Gasteiger partial charge in [-0.15, -0.1) is 0 Å². The number of carbonyl (C=O) groups is 1. The Bertz CT molecular complexity index is 681. The van der Waals surface area contributed by atoms with Gasteiger partial charge in [-0.25, -0.2) is 4.39 Å². The van der Waals surface area contributed by atoms with Gasteiger partial charge in [-0.05, 0) is 12.1 Å². The van der Waals surface area contributed by atoms with Crippen LogP contribution in [0, 0.1) is 5.82 Å². The van der Waals surface area contributed by atoms with Crippen molar-refractivity contribution in [3.8, 4) is 11.4 Å². The molecule has 0 bridgehead atoms. The van der Waals surface area contributed by atoms with E-state index in [0.29, 0.717) is 4.68 Å². The van der Waals surface area contributed by atoms with Crippen LogP contribution in [-0.2, 0) is 0 Å². The van der Waals surface area contributed by atoms with Crippen molar-refractivity contribution in [2.45, 2.75) is 0 Å². The van der Waals surface area contributed by atoms with Crippen molar-refractivity contribution >= 4 is 5.91 Å². The minimum Gasteiger partial charge on any atom is -0.505 e. The molecule has 0 spiro atoms. The molecule has 1 heterocycles. The largest absolute Gasteiger partial charge is 0.505 e. The SMILES string of the molecule is NC(=O)c1nn(-c2ccccc2F)c(=O)cc1O. The third kappa shape index (κ3) is 1.93. The highest BCUT2D eigenvalue weighted by Gasteiger charge is 2.15. The van der Waals surface area contributed by atoms with Crippen LogP contribution in [0.2, 0.25) is 0 Å². The Kier molecular flexibility index (Phi) is 2.80. The molecule has 0 aliphatic rings. The van der Waals surface area contributed by atoms with Crippen LogP contribution in [0.5, 0.6) is 5.75 Å². The molecular weight excluding hydrogens is 241 g/mol. The number of hydrogen-bond acceptors (Lipinski definition) is 4. The molecule has 1 amide bonds. The topological polar surface area (TPSA) is 98.2 Å². The summed E-state index contributed by atoms with van der Waals surface area (Å²) in [6, 6.07) is 6.15. The van der Waals surface area contributed by atoms with E-state index in [1.807, 2.05) is 0 Å². The van der Waals surface area contributed by atoms with E-state index in [2.05, 4.69) is 5.10 Å². The van der Waals surface area contributed by atoms with E-state index in [0.717, 1.165) is 12.1 Å². The first-order valence-corrected chi connectivity index (χ1v) is 4.89. The van der Waals surface area contributed by atoms with Crippen LogP contribution in [0.4, 0.5) is 4.39 Å². The van der Waals surface area contributed by atoms with Gasteiger partial charge in [-0.1, -0.05) is 12.1 Å². The number of aromatic hydroxyl groups is 1. The average Bonchev–Trinajstić information content (AvgIpc) is 2.30. The number of para-hydroxylation sites is 1. The zero-order valence-corrected chi connectivity index (χ0v) is 9.00. The van der Waals surface area contributed by atoms with Gasteiger partial charge < -0.3 is 10.8 Å². The summed E-state index contributed by atoms with van der Waals surface area (Å²) < 4.78 is 14.2. The maximum atomic E-state index is 13.5. The maximum Gasteiger partial charge on any atom is 0.275 e. The molecule has 1 aromatic carbocycles. The fourth-order valence-electron chi connectivity index (χ4n) is 1.42. The summed E-state index contributed by atoms with van der Waals surface area (Å²) in [5.74, 6) is -2.34. The molecule has 0 aliphatic heterocycles. The first-order valence-electron chi connectivity index (χ1n) is 4.89. The fraction of sp³-hybridized carbons (Fsp3) is 0. The number of halogens is 1. The lowest BCUT2D eigenvalue weighted by atomic mass is 10.3. The molecule has 92 valence electrons. The minimum atomic E-state index is -1.02. The van der Waals surface area contributed by atoms with Gasteiger partial charge in [0.25, 0.3) is 11.5 Å². The van der Waals surface area contributed by atoms with E-state index >= 15 is 0 Å². The Morgan fingerprint density at radius 1 is 1.39 bits per heavy atom. The van der Waals surface area contributed by atoms with Crippen LogP contribution < -0.4 is 11.3 Å². The number of primary amides is 1. The van der Waals surface area contributed by atoms with Crippen LogP contribution in [-0.4, -0.2) is 20.8 Å². The van der Waals surface area contributed by atoms with Crippen molar-refractivity contribution in [1.82, 2.24) is 9.78 Å². The van der Waals surface area contributed by atoms with Crippen LogP contribution in [0.1, 0.15) is 10.5 Å². The number of amides is 1. The summed E-state index contributed by atoms with van der Waals surface area (Å²) in [6.07, 6.45) is 0. The normalized spacial score (nSPS) is 10.3. The number of hydrogen-bond donors (Lipinski definition) is 2. The molecule has 3 N–H and O–H groups in total. The number of benzene rings is 1. The second-order valence-corrected chi connectivity index (χ2v) is 3.44. The van der Waals surface area contributed by atoms with Gasteiger partial charge in [0, 0.05) is 6.07 Å². The Balaban J connectivity index is 2.73. The van der Waals surface area contributed by atoms with Gasteiger partial charge in [0.15, 0.2) is 11.4 Å². The smallest absolute Gasteiger partial charge is 0.275 e. The van der Waals surface area contributed by atoms with Crippen molar-refractivity contribution in [2.75, 3.05) is 0 Å². The van der Waals surface area contributed by atoms with Gasteiger partial charge in [-0.3, -0.25) is 9.59 Å². The molecule has 0 atom stereocenters. The Hall–Kier alpha value is -2.70. The summed E-state index contributed by atoms with van der Waals surface area (Å²) in [4.78, 5) is 22.6. The van der Waals surface area contributed by atoms with E-state index in [9.17, 15) is 19.1 Å². The van der Waals surface area contributed by atoms with Crippen molar-refractivity contribution in [2.24, 2.45) is 5.73 Å². The maximum absolute atomic E-state index is 13.5. The number of carbonyl (C=O) groups excluding carboxylic acids is 1. The molecule has 0 radical (unpaired) electrons. The van der Waals surface area contributed by atoms with Crippen LogP contribution in [0.25, 0.3) is 5.69 Å². The monoisotopic (exact) mass is 249 g/mol. The summed E-state index contributed by atoms with van der Waals surface area (Å²) >= 11 is 0. The van der Waals surface area contributed by atoms with E-state index in [1.54, 1.807) is 0 Å². The molecule has 1 aromatic heterocycles. The Morgan fingerprint density at radius 3 is 2.67 bits per heavy atom.